The molecule has 6 unspecified atom stereocenters. The summed E-state index contributed by atoms with van der Waals surface area (Å²) in [5, 5.41) is 50.1. The lowest BCUT2D eigenvalue weighted by Crippen LogP contribution is -2.64. The van der Waals surface area contributed by atoms with E-state index in [2.05, 4.69) is 62.5 Å². The number of allylic oxidation sites excluding steroid dienone is 10. The molecule has 1 rings (SSSR count). The van der Waals surface area contributed by atoms with Crippen LogP contribution in [-0.4, -0.2) is 98.3 Å². The van der Waals surface area contributed by atoms with Crippen LogP contribution < -0.4 is 0 Å². The summed E-state index contributed by atoms with van der Waals surface area (Å²) in [5.41, 5.74) is 0. The highest BCUT2D eigenvalue weighted by Gasteiger charge is 2.51. The van der Waals surface area contributed by atoms with Gasteiger partial charge in [0.2, 0.25) is 0 Å². The Labute approximate surface area is 353 Å². The second-order valence-corrected chi connectivity index (χ2v) is 16.6. The largest absolute Gasteiger partial charge is 0.472 e. The number of phosphoric ester groups is 1. The lowest BCUT2D eigenvalue weighted by Gasteiger charge is -2.41. The van der Waals surface area contributed by atoms with E-state index in [4.69, 9.17) is 18.5 Å². The first kappa shape index (κ1) is 54.6. The fourth-order valence-corrected chi connectivity index (χ4v) is 7.27. The first-order chi connectivity index (χ1) is 28.4. The molecule has 0 amide bonds. The maximum Gasteiger partial charge on any atom is 0.472 e. The average Bonchev–Trinajstić information content (AvgIpc) is 3.21. The lowest BCUT2D eigenvalue weighted by atomic mass is 9.85. The summed E-state index contributed by atoms with van der Waals surface area (Å²) < 4.78 is 33.4. The predicted molar refractivity (Wildman–Crippen MR) is 230 cm³/mol. The van der Waals surface area contributed by atoms with Gasteiger partial charge in [-0.3, -0.25) is 18.6 Å². The highest BCUT2D eigenvalue weighted by molar-refractivity contribution is 7.47. The van der Waals surface area contributed by atoms with E-state index in [1.54, 1.807) is 0 Å². The van der Waals surface area contributed by atoms with Gasteiger partial charge in [-0.25, -0.2) is 4.57 Å². The summed E-state index contributed by atoms with van der Waals surface area (Å²) in [5.74, 6) is -1.21. The van der Waals surface area contributed by atoms with Crippen molar-refractivity contribution in [3.63, 3.8) is 0 Å². The van der Waals surface area contributed by atoms with Crippen LogP contribution >= 0.6 is 7.82 Å². The highest BCUT2D eigenvalue weighted by Crippen LogP contribution is 2.47. The Bertz CT molecular complexity index is 1270. The second-order valence-electron chi connectivity index (χ2n) is 15.2. The van der Waals surface area contributed by atoms with Crippen LogP contribution in [0.4, 0.5) is 0 Å². The van der Waals surface area contributed by atoms with E-state index in [0.29, 0.717) is 12.8 Å². The molecule has 0 bridgehead atoms. The number of aliphatic hydroxyl groups excluding tert-OH is 5. The number of ether oxygens (including phenoxy) is 2. The Balaban J connectivity index is 2.54. The van der Waals surface area contributed by atoms with Crippen LogP contribution in [0.3, 0.4) is 0 Å². The Morgan fingerprint density at radius 2 is 1.00 bits per heavy atom. The van der Waals surface area contributed by atoms with Crippen LogP contribution in [-0.2, 0) is 32.7 Å². The summed E-state index contributed by atoms with van der Waals surface area (Å²) in [4.78, 5) is 35.6. The quantitative estimate of drug-likeness (QED) is 0.0154. The fourth-order valence-electron chi connectivity index (χ4n) is 6.29. The zero-order chi connectivity index (χ0) is 43.6. The van der Waals surface area contributed by atoms with E-state index in [-0.39, 0.29) is 12.8 Å². The number of carbonyl (C=O) groups excluding carboxylic acids is 2. The fraction of sp³-hybridized carbons (Fsp3) is 0.733. The van der Waals surface area contributed by atoms with Crippen molar-refractivity contribution in [1.82, 2.24) is 0 Å². The normalized spacial score (nSPS) is 22.9. The van der Waals surface area contributed by atoms with Crippen LogP contribution in [0.15, 0.2) is 60.8 Å². The summed E-state index contributed by atoms with van der Waals surface area (Å²) in [6, 6.07) is 0. The van der Waals surface area contributed by atoms with Crippen molar-refractivity contribution in [2.75, 3.05) is 13.2 Å². The molecule has 0 aromatic carbocycles. The van der Waals surface area contributed by atoms with E-state index >= 15 is 0 Å². The molecule has 0 heterocycles. The highest BCUT2D eigenvalue weighted by atomic mass is 31.2. The van der Waals surface area contributed by atoms with Crippen molar-refractivity contribution >= 4 is 19.8 Å². The van der Waals surface area contributed by atoms with Crippen molar-refractivity contribution in [2.45, 2.75) is 198 Å². The van der Waals surface area contributed by atoms with Gasteiger partial charge in [-0.05, 0) is 64.2 Å². The standard InChI is InChI=1S/C45H77O13P/c1-3-5-7-9-11-13-15-17-19-21-23-25-27-29-31-33-38(46)55-35-37(36-56-59(53,54)58-45-43(51)41(49)40(48)42(50)44(45)52)57-39(47)34-32-30-28-26-24-22-20-18-16-14-12-10-8-6-4-2/h5,7,11,13,17,19,23,25,28,30,37,40-45,48-52H,3-4,6,8-10,12,14-16,18,20-22,24,26-27,29,31-36H2,1-2H3,(H,53,54)/b7-5+,13-11+,19-17+,25-23+,30-28+/t37-,40?,41-,42?,43?,44?,45?/m1/s1. The molecule has 0 radical (unpaired) electrons. The molecule has 13 nitrogen and oxygen atoms in total. The van der Waals surface area contributed by atoms with Gasteiger partial charge in [-0.1, -0.05) is 139 Å². The molecule has 8 atom stereocenters. The molecular formula is C45H77O13P. The Morgan fingerprint density at radius 3 is 1.56 bits per heavy atom. The zero-order valence-electron chi connectivity index (χ0n) is 35.8. The van der Waals surface area contributed by atoms with E-state index in [9.17, 15) is 44.6 Å². The summed E-state index contributed by atoms with van der Waals surface area (Å²) in [6.45, 7) is 3.10. The van der Waals surface area contributed by atoms with Crippen LogP contribution in [0.5, 0.6) is 0 Å². The minimum absolute atomic E-state index is 0.00233. The van der Waals surface area contributed by atoms with Crippen LogP contribution in [0.1, 0.15) is 155 Å². The molecule has 340 valence electrons. The summed E-state index contributed by atoms with van der Waals surface area (Å²) >= 11 is 0. The molecule has 14 heteroatoms. The van der Waals surface area contributed by atoms with Crippen molar-refractivity contribution in [3.05, 3.63) is 60.8 Å². The number of carbonyl (C=O) groups is 2. The van der Waals surface area contributed by atoms with Gasteiger partial charge in [0.15, 0.2) is 6.10 Å². The third-order valence-electron chi connectivity index (χ3n) is 9.86. The molecule has 0 saturated heterocycles. The van der Waals surface area contributed by atoms with Crippen LogP contribution in [0, 0.1) is 0 Å². The molecule has 59 heavy (non-hydrogen) atoms. The molecule has 1 aliphatic carbocycles. The van der Waals surface area contributed by atoms with Crippen LogP contribution in [0.25, 0.3) is 0 Å². The third kappa shape index (κ3) is 27.9. The minimum atomic E-state index is -5.14. The third-order valence-corrected chi connectivity index (χ3v) is 10.8. The average molecular weight is 857 g/mol. The summed E-state index contributed by atoms with van der Waals surface area (Å²) in [7, 11) is -5.14. The van der Waals surface area contributed by atoms with E-state index < -0.39 is 75.7 Å². The molecule has 0 spiro atoms. The van der Waals surface area contributed by atoms with E-state index in [1.165, 1.54) is 57.8 Å². The summed E-state index contributed by atoms with van der Waals surface area (Å²) in [6.07, 6.45) is 28.7. The van der Waals surface area contributed by atoms with Gasteiger partial charge < -0.3 is 39.9 Å². The molecule has 1 fully saturated rings. The number of hydrogen-bond donors (Lipinski definition) is 6. The van der Waals surface area contributed by atoms with Gasteiger partial charge in [0, 0.05) is 12.8 Å². The van der Waals surface area contributed by atoms with Crippen molar-refractivity contribution in [1.29, 1.82) is 0 Å². The van der Waals surface area contributed by atoms with Crippen molar-refractivity contribution in [2.24, 2.45) is 0 Å². The Hall–Kier alpha value is -2.45. The maximum atomic E-state index is 12.8. The molecular weight excluding hydrogens is 779 g/mol. The smallest absolute Gasteiger partial charge is 0.462 e. The van der Waals surface area contributed by atoms with Gasteiger partial charge in [0.25, 0.3) is 0 Å². The van der Waals surface area contributed by atoms with Gasteiger partial charge in [-0.2, -0.15) is 0 Å². The van der Waals surface area contributed by atoms with Gasteiger partial charge >= 0.3 is 19.8 Å². The molecule has 1 aliphatic rings. The zero-order valence-corrected chi connectivity index (χ0v) is 36.7. The van der Waals surface area contributed by atoms with Gasteiger partial charge in [0.05, 0.1) is 6.61 Å². The number of rotatable bonds is 35. The number of phosphoric acid groups is 1. The molecule has 0 aromatic rings. The van der Waals surface area contributed by atoms with Crippen LogP contribution in [0.2, 0.25) is 0 Å². The molecule has 1 saturated carbocycles. The van der Waals surface area contributed by atoms with Crippen molar-refractivity contribution < 1.29 is 63.1 Å². The number of esters is 2. The van der Waals surface area contributed by atoms with Gasteiger partial charge in [-0.15, -0.1) is 0 Å². The minimum Gasteiger partial charge on any atom is -0.462 e. The lowest BCUT2D eigenvalue weighted by molar-refractivity contribution is -0.220. The SMILES string of the molecule is CC/C=C/C/C=C/C/C=C/C/C=C/CCCCC(=O)OC[C@H](COP(=O)(O)OC1C(O)C(O)C(O)[C@@H](O)C1O)OC(=O)CC/C=C/CCCCCCCCCCCCC. The number of aliphatic hydroxyl groups is 5. The maximum absolute atomic E-state index is 12.8. The first-order valence-electron chi connectivity index (χ1n) is 22.1. The molecule has 0 aliphatic heterocycles. The van der Waals surface area contributed by atoms with E-state index in [1.807, 2.05) is 12.2 Å². The Morgan fingerprint density at radius 1 is 0.542 bits per heavy atom. The monoisotopic (exact) mass is 857 g/mol. The topological polar surface area (TPSA) is 210 Å². The van der Waals surface area contributed by atoms with E-state index in [0.717, 1.165) is 57.8 Å². The Kier molecular flexibility index (Phi) is 32.5. The number of unbranched alkanes of at least 4 members (excludes halogenated alkanes) is 13. The molecule has 0 aromatic heterocycles. The number of hydrogen-bond acceptors (Lipinski definition) is 12. The first-order valence-corrected chi connectivity index (χ1v) is 23.6. The predicted octanol–water partition coefficient (Wildman–Crippen LogP) is 8.16. The molecule has 6 N–H and O–H groups in total. The van der Waals surface area contributed by atoms with Gasteiger partial charge in [0.1, 0.15) is 43.2 Å². The second kappa shape index (κ2) is 35.2. The van der Waals surface area contributed by atoms with Crippen molar-refractivity contribution in [3.8, 4) is 0 Å².